The zero-order valence-corrected chi connectivity index (χ0v) is 27.4. The first-order valence-electron chi connectivity index (χ1n) is 17.2. The van der Waals surface area contributed by atoms with Gasteiger partial charge in [0, 0.05) is 32.9 Å². The molecule has 2 heteroatoms. The average molecular weight is 637 g/mol. The monoisotopic (exact) mass is 636 g/mol. The molecule has 0 amide bonds. The predicted octanol–water partition coefficient (Wildman–Crippen LogP) is 12.9. The molecule has 0 spiro atoms. The summed E-state index contributed by atoms with van der Waals surface area (Å²) in [5.74, 6) is 0. The van der Waals surface area contributed by atoms with Crippen molar-refractivity contribution in [2.75, 3.05) is 0 Å². The van der Waals surface area contributed by atoms with Crippen molar-refractivity contribution in [2.45, 2.75) is 0 Å². The van der Waals surface area contributed by atoms with Gasteiger partial charge in [-0.3, -0.25) is 0 Å². The Balaban J connectivity index is 1.29. The summed E-state index contributed by atoms with van der Waals surface area (Å²) in [6, 6.07) is 70.4. The van der Waals surface area contributed by atoms with Crippen LogP contribution in [0.2, 0.25) is 0 Å². The Labute approximate surface area is 290 Å². The van der Waals surface area contributed by atoms with E-state index in [1.54, 1.807) is 0 Å². The Kier molecular flexibility index (Phi) is 6.53. The molecule has 0 saturated heterocycles. The van der Waals surface area contributed by atoms with Crippen LogP contribution >= 0.6 is 0 Å². The number of benzene rings is 8. The van der Waals surface area contributed by atoms with Crippen LogP contribution in [0.25, 0.3) is 88.4 Å². The third-order valence-corrected chi connectivity index (χ3v) is 10.1. The fourth-order valence-corrected chi connectivity index (χ4v) is 7.94. The fourth-order valence-electron chi connectivity index (χ4n) is 7.94. The van der Waals surface area contributed by atoms with Gasteiger partial charge >= 0.3 is 0 Å². The summed E-state index contributed by atoms with van der Waals surface area (Å²) >= 11 is 0. The Bertz CT molecular complexity index is 2730. The second kappa shape index (κ2) is 11.5. The van der Waals surface area contributed by atoms with Gasteiger partial charge in [0.05, 0.1) is 22.1 Å². The SMILES string of the molecule is c1ccc(-c2cccc(-c3ccccc3)c2-c2ccc3c(c2)c2cc(-n4c5ccccc5c5ccccc54)ccc2n3-c2ccccc2)cc1. The molecule has 2 heterocycles. The topological polar surface area (TPSA) is 9.86 Å². The lowest BCUT2D eigenvalue weighted by molar-refractivity contribution is 1.17. The van der Waals surface area contributed by atoms with Gasteiger partial charge in [-0.25, -0.2) is 0 Å². The number of aromatic nitrogens is 2. The van der Waals surface area contributed by atoms with Gasteiger partial charge < -0.3 is 9.13 Å². The molecule has 0 aliphatic carbocycles. The molecule has 2 aromatic heterocycles. The summed E-state index contributed by atoms with van der Waals surface area (Å²) in [5.41, 5.74) is 14.4. The Morgan fingerprint density at radius 2 is 0.720 bits per heavy atom. The van der Waals surface area contributed by atoms with E-state index < -0.39 is 0 Å². The zero-order chi connectivity index (χ0) is 33.0. The summed E-state index contributed by atoms with van der Waals surface area (Å²) in [7, 11) is 0. The Hall–Kier alpha value is -6.64. The third kappa shape index (κ3) is 4.43. The van der Waals surface area contributed by atoms with Crippen LogP contribution < -0.4 is 0 Å². The van der Waals surface area contributed by atoms with Crippen LogP contribution in [0.5, 0.6) is 0 Å². The first-order valence-corrected chi connectivity index (χ1v) is 17.2. The molecule has 0 fully saturated rings. The zero-order valence-electron chi connectivity index (χ0n) is 27.4. The second-order valence-corrected chi connectivity index (χ2v) is 12.9. The van der Waals surface area contributed by atoms with E-state index >= 15 is 0 Å². The number of para-hydroxylation sites is 3. The van der Waals surface area contributed by atoms with E-state index in [0.717, 1.165) is 11.4 Å². The molecule has 234 valence electrons. The van der Waals surface area contributed by atoms with Crippen molar-refractivity contribution in [3.63, 3.8) is 0 Å². The molecule has 0 atom stereocenters. The number of hydrogen-bond acceptors (Lipinski definition) is 0. The van der Waals surface area contributed by atoms with Crippen LogP contribution in [-0.4, -0.2) is 9.13 Å². The number of nitrogens with zero attached hydrogens (tertiary/aromatic N) is 2. The minimum Gasteiger partial charge on any atom is -0.309 e. The molecule has 0 bridgehead atoms. The first-order chi connectivity index (χ1) is 24.8. The highest BCUT2D eigenvalue weighted by molar-refractivity contribution is 6.13. The molecule has 10 rings (SSSR count). The molecule has 10 aromatic rings. The molecule has 2 nitrogen and oxygen atoms in total. The molecule has 0 aliphatic rings. The molecule has 0 saturated carbocycles. The summed E-state index contributed by atoms with van der Waals surface area (Å²) in [6.45, 7) is 0. The van der Waals surface area contributed by atoms with Gasteiger partial charge in [-0.15, -0.1) is 0 Å². The van der Waals surface area contributed by atoms with E-state index in [9.17, 15) is 0 Å². The van der Waals surface area contributed by atoms with Crippen molar-refractivity contribution in [3.8, 4) is 44.8 Å². The number of fused-ring (bicyclic) bond motifs is 6. The summed E-state index contributed by atoms with van der Waals surface area (Å²) < 4.78 is 4.82. The predicted molar refractivity (Wildman–Crippen MR) is 211 cm³/mol. The van der Waals surface area contributed by atoms with Crippen LogP contribution in [0.1, 0.15) is 0 Å². The van der Waals surface area contributed by atoms with Gasteiger partial charge in [0.25, 0.3) is 0 Å². The maximum atomic E-state index is 2.42. The average Bonchev–Trinajstić information content (AvgIpc) is 3.71. The second-order valence-electron chi connectivity index (χ2n) is 12.9. The molecule has 0 aliphatic heterocycles. The lowest BCUT2D eigenvalue weighted by Crippen LogP contribution is -1.95. The van der Waals surface area contributed by atoms with Crippen molar-refractivity contribution in [1.29, 1.82) is 0 Å². The van der Waals surface area contributed by atoms with Crippen molar-refractivity contribution < 1.29 is 0 Å². The normalized spacial score (nSPS) is 11.6. The fraction of sp³-hybridized carbons (Fsp3) is 0. The van der Waals surface area contributed by atoms with Gasteiger partial charge in [0.2, 0.25) is 0 Å². The van der Waals surface area contributed by atoms with Crippen LogP contribution in [0, 0.1) is 0 Å². The molecular formula is C48H32N2. The van der Waals surface area contributed by atoms with Crippen molar-refractivity contribution in [1.82, 2.24) is 9.13 Å². The van der Waals surface area contributed by atoms with Crippen LogP contribution in [0.4, 0.5) is 0 Å². The van der Waals surface area contributed by atoms with E-state index in [2.05, 4.69) is 203 Å². The number of hydrogen-bond donors (Lipinski definition) is 0. The summed E-state index contributed by atoms with van der Waals surface area (Å²) in [4.78, 5) is 0. The lowest BCUT2D eigenvalue weighted by atomic mass is 9.87. The Morgan fingerprint density at radius 3 is 1.32 bits per heavy atom. The first kappa shape index (κ1) is 28.4. The smallest absolute Gasteiger partial charge is 0.0542 e. The summed E-state index contributed by atoms with van der Waals surface area (Å²) in [6.07, 6.45) is 0. The largest absolute Gasteiger partial charge is 0.309 e. The maximum absolute atomic E-state index is 2.42. The summed E-state index contributed by atoms with van der Waals surface area (Å²) in [5, 5.41) is 4.99. The number of rotatable bonds is 5. The minimum atomic E-state index is 1.15. The van der Waals surface area contributed by atoms with Gasteiger partial charge in [-0.1, -0.05) is 140 Å². The lowest BCUT2D eigenvalue weighted by Gasteiger charge is -2.17. The van der Waals surface area contributed by atoms with E-state index in [0.29, 0.717) is 0 Å². The molecular weight excluding hydrogens is 605 g/mol. The minimum absolute atomic E-state index is 1.15. The standard InChI is InChI=1S/C48H32N2/c1-4-15-33(16-5-1)38-23-14-24-39(34-17-6-2-7-18-34)48(38)35-27-29-46-42(31-35)43-32-37(28-30-47(43)49(46)36-19-8-3-9-20-36)50-44-25-12-10-21-40(44)41-22-11-13-26-45(41)50/h1-32H. The van der Waals surface area contributed by atoms with E-state index in [4.69, 9.17) is 0 Å². The van der Waals surface area contributed by atoms with E-state index in [1.807, 2.05) is 0 Å². The molecule has 8 aromatic carbocycles. The highest BCUT2D eigenvalue weighted by Gasteiger charge is 2.19. The van der Waals surface area contributed by atoms with Gasteiger partial charge in [-0.05, 0) is 88.0 Å². The van der Waals surface area contributed by atoms with E-state index in [1.165, 1.54) is 77.0 Å². The highest BCUT2D eigenvalue weighted by Crippen LogP contribution is 2.43. The van der Waals surface area contributed by atoms with Crippen LogP contribution in [0.3, 0.4) is 0 Å². The molecule has 0 radical (unpaired) electrons. The van der Waals surface area contributed by atoms with Gasteiger partial charge in [0.15, 0.2) is 0 Å². The van der Waals surface area contributed by atoms with Gasteiger partial charge in [0.1, 0.15) is 0 Å². The van der Waals surface area contributed by atoms with Crippen LogP contribution in [-0.2, 0) is 0 Å². The molecule has 0 unspecified atom stereocenters. The van der Waals surface area contributed by atoms with Crippen LogP contribution in [0.15, 0.2) is 194 Å². The van der Waals surface area contributed by atoms with Crippen molar-refractivity contribution >= 4 is 43.6 Å². The van der Waals surface area contributed by atoms with E-state index in [-0.39, 0.29) is 0 Å². The quantitative estimate of drug-likeness (QED) is 0.178. The molecule has 0 N–H and O–H groups in total. The Morgan fingerprint density at radius 1 is 0.260 bits per heavy atom. The highest BCUT2D eigenvalue weighted by atomic mass is 15.0. The van der Waals surface area contributed by atoms with Crippen molar-refractivity contribution in [3.05, 3.63) is 194 Å². The third-order valence-electron chi connectivity index (χ3n) is 10.1. The maximum Gasteiger partial charge on any atom is 0.0542 e. The molecule has 50 heavy (non-hydrogen) atoms. The van der Waals surface area contributed by atoms with Crippen molar-refractivity contribution in [2.24, 2.45) is 0 Å². The van der Waals surface area contributed by atoms with Gasteiger partial charge in [-0.2, -0.15) is 0 Å².